The van der Waals surface area contributed by atoms with E-state index in [1.54, 1.807) is 0 Å². The largest absolute Gasteiger partial charge is 0.310 e. The highest BCUT2D eigenvalue weighted by Crippen LogP contribution is 2.41. The Labute approximate surface area is 297 Å². The van der Waals surface area contributed by atoms with Crippen molar-refractivity contribution in [1.29, 1.82) is 0 Å². The minimum absolute atomic E-state index is 0.240. The molecule has 0 saturated carbocycles. The quantitative estimate of drug-likeness (QED) is 0.175. The minimum atomic E-state index is 0.240. The molecule has 2 aromatic heterocycles. The van der Waals surface area contributed by atoms with Crippen molar-refractivity contribution in [3.8, 4) is 33.6 Å². The topological polar surface area (TPSA) is 9.86 Å². The molecule has 242 valence electrons. The summed E-state index contributed by atoms with van der Waals surface area (Å²) in [4.78, 5) is 0. The fraction of sp³-hybridized carbons (Fsp3) is 0.0612. The lowest BCUT2D eigenvalue weighted by atomic mass is 9.83. The molecule has 0 aliphatic heterocycles. The molecule has 1 aliphatic rings. The lowest BCUT2D eigenvalue weighted by Crippen LogP contribution is -2.34. The summed E-state index contributed by atoms with van der Waals surface area (Å²) in [7, 11) is 0. The third kappa shape index (κ3) is 4.79. The van der Waals surface area contributed by atoms with Crippen molar-refractivity contribution in [2.24, 2.45) is 5.92 Å². The van der Waals surface area contributed by atoms with Crippen molar-refractivity contribution in [3.63, 3.8) is 0 Å². The average Bonchev–Trinajstić information content (AvgIpc) is 3.70. The van der Waals surface area contributed by atoms with Crippen LogP contribution in [0.25, 0.3) is 78.5 Å². The number of rotatable bonds is 5. The van der Waals surface area contributed by atoms with Gasteiger partial charge in [-0.15, -0.1) is 0 Å². The molecular formula is C49H36N2. The summed E-state index contributed by atoms with van der Waals surface area (Å²) in [6.45, 7) is 2.37. The van der Waals surface area contributed by atoms with Crippen LogP contribution in [0, 0.1) is 5.92 Å². The van der Waals surface area contributed by atoms with Gasteiger partial charge < -0.3 is 9.13 Å². The molecule has 0 N–H and O–H groups in total. The molecule has 2 unspecified atom stereocenters. The van der Waals surface area contributed by atoms with Gasteiger partial charge >= 0.3 is 0 Å². The lowest BCUT2D eigenvalue weighted by Gasteiger charge is -2.22. The van der Waals surface area contributed by atoms with Gasteiger partial charge in [0.15, 0.2) is 0 Å². The summed E-state index contributed by atoms with van der Waals surface area (Å²) in [5.41, 5.74) is 12.3. The first-order valence-corrected chi connectivity index (χ1v) is 17.9. The van der Waals surface area contributed by atoms with Crippen molar-refractivity contribution in [1.82, 2.24) is 9.13 Å². The Morgan fingerprint density at radius 1 is 0.431 bits per heavy atom. The Balaban J connectivity index is 1.19. The zero-order valence-corrected chi connectivity index (χ0v) is 28.4. The summed E-state index contributed by atoms with van der Waals surface area (Å²) in [6, 6.07) is 64.0. The zero-order valence-electron chi connectivity index (χ0n) is 28.4. The highest BCUT2D eigenvalue weighted by atomic mass is 15.0. The van der Waals surface area contributed by atoms with Gasteiger partial charge in [-0.1, -0.05) is 146 Å². The van der Waals surface area contributed by atoms with E-state index in [2.05, 4.69) is 204 Å². The number of nitrogens with zero attached hydrogens (tertiary/aromatic N) is 2. The summed E-state index contributed by atoms with van der Waals surface area (Å²) in [6.07, 6.45) is 5.02. The molecular weight excluding hydrogens is 617 g/mol. The molecule has 0 bridgehead atoms. The normalized spacial score (nSPS) is 15.5. The number of hydrogen-bond acceptors (Lipinski definition) is 0. The van der Waals surface area contributed by atoms with Gasteiger partial charge in [0.25, 0.3) is 0 Å². The molecule has 0 fully saturated rings. The molecule has 9 aromatic rings. The summed E-state index contributed by atoms with van der Waals surface area (Å²) >= 11 is 0. The van der Waals surface area contributed by atoms with Crippen molar-refractivity contribution < 1.29 is 0 Å². The predicted molar refractivity (Wildman–Crippen MR) is 215 cm³/mol. The predicted octanol–water partition coefficient (Wildman–Crippen LogP) is 11.1. The molecule has 7 aromatic carbocycles. The van der Waals surface area contributed by atoms with Crippen LogP contribution in [-0.4, -0.2) is 9.13 Å². The summed E-state index contributed by atoms with van der Waals surface area (Å²) in [5.74, 6) is 0.554. The Kier molecular flexibility index (Phi) is 6.89. The van der Waals surface area contributed by atoms with Crippen LogP contribution in [0.3, 0.4) is 0 Å². The number of benzene rings is 7. The van der Waals surface area contributed by atoms with E-state index >= 15 is 0 Å². The summed E-state index contributed by atoms with van der Waals surface area (Å²) in [5, 5.41) is 6.49. The van der Waals surface area contributed by atoms with Gasteiger partial charge in [0.1, 0.15) is 0 Å². The van der Waals surface area contributed by atoms with Crippen molar-refractivity contribution in [2.75, 3.05) is 0 Å². The van der Waals surface area contributed by atoms with Gasteiger partial charge in [-0.25, -0.2) is 0 Å². The number of para-hydroxylation sites is 2. The second-order valence-corrected chi connectivity index (χ2v) is 13.8. The maximum Gasteiger partial charge on any atom is 0.0547 e. The van der Waals surface area contributed by atoms with Gasteiger partial charge in [-0.05, 0) is 82.3 Å². The van der Waals surface area contributed by atoms with E-state index in [-0.39, 0.29) is 5.92 Å². The molecule has 2 heterocycles. The first-order valence-electron chi connectivity index (χ1n) is 17.9. The van der Waals surface area contributed by atoms with Crippen molar-refractivity contribution in [3.05, 3.63) is 192 Å². The van der Waals surface area contributed by atoms with Crippen LogP contribution in [0.2, 0.25) is 0 Å². The van der Waals surface area contributed by atoms with Crippen molar-refractivity contribution in [2.45, 2.75) is 12.8 Å². The average molecular weight is 653 g/mol. The Morgan fingerprint density at radius 3 is 1.80 bits per heavy atom. The third-order valence-corrected chi connectivity index (χ3v) is 10.8. The van der Waals surface area contributed by atoms with Crippen LogP contribution in [0.1, 0.15) is 18.4 Å². The minimum Gasteiger partial charge on any atom is -0.310 e. The molecule has 0 saturated heterocycles. The van der Waals surface area contributed by atoms with Crippen LogP contribution >= 0.6 is 0 Å². The van der Waals surface area contributed by atoms with Gasteiger partial charge in [-0.3, -0.25) is 0 Å². The van der Waals surface area contributed by atoms with E-state index in [1.807, 2.05) is 0 Å². The maximum absolute atomic E-state index is 2.53. The summed E-state index contributed by atoms with van der Waals surface area (Å²) < 4.78 is 4.88. The lowest BCUT2D eigenvalue weighted by molar-refractivity contribution is 0.690. The SMILES string of the molecule is CC1C=c2c(c3ccccc3n2-c2ccccc2)=CC1c1ccc2c(c1)c1c(-c3ccccc3)cccc1n2-c1ccc(-c2ccccc2)cc1. The highest BCUT2D eigenvalue weighted by Gasteiger charge is 2.24. The fourth-order valence-corrected chi connectivity index (χ4v) is 8.43. The van der Waals surface area contributed by atoms with E-state index in [9.17, 15) is 0 Å². The van der Waals surface area contributed by atoms with Crippen LogP contribution in [0.4, 0.5) is 0 Å². The van der Waals surface area contributed by atoms with E-state index in [0.717, 1.165) is 5.69 Å². The fourth-order valence-electron chi connectivity index (χ4n) is 8.43. The van der Waals surface area contributed by atoms with E-state index in [0.29, 0.717) is 5.92 Å². The molecule has 0 spiro atoms. The highest BCUT2D eigenvalue weighted by molar-refractivity contribution is 6.16. The molecule has 10 rings (SSSR count). The number of aromatic nitrogens is 2. The van der Waals surface area contributed by atoms with Gasteiger partial charge in [0.2, 0.25) is 0 Å². The monoisotopic (exact) mass is 652 g/mol. The van der Waals surface area contributed by atoms with Crippen molar-refractivity contribution >= 4 is 44.9 Å². The van der Waals surface area contributed by atoms with Crippen LogP contribution < -0.4 is 10.6 Å². The molecule has 2 heteroatoms. The van der Waals surface area contributed by atoms with Crippen LogP contribution in [0.5, 0.6) is 0 Å². The second-order valence-electron chi connectivity index (χ2n) is 13.8. The standard InChI is InChI=1S/C49H36N2/c1-33-30-48-43(41-20-11-12-22-45(41)51(48)38-18-9-4-10-19-38)32-42(33)37-26-29-46-44(31-37)49-40(36-16-7-3-8-17-36)21-13-23-47(49)50(46)39-27-24-35(25-28-39)34-14-5-2-6-15-34/h2-33,42H,1H3. The molecule has 2 atom stereocenters. The number of fused-ring (bicyclic) bond motifs is 6. The zero-order chi connectivity index (χ0) is 33.9. The maximum atomic E-state index is 2.53. The first kappa shape index (κ1) is 29.5. The second kappa shape index (κ2) is 11.9. The van der Waals surface area contributed by atoms with Gasteiger partial charge in [0, 0.05) is 38.7 Å². The van der Waals surface area contributed by atoms with E-state index < -0.39 is 0 Å². The molecule has 0 radical (unpaired) electrons. The smallest absolute Gasteiger partial charge is 0.0547 e. The molecule has 1 aliphatic carbocycles. The molecule has 51 heavy (non-hydrogen) atoms. The van der Waals surface area contributed by atoms with Crippen LogP contribution in [-0.2, 0) is 0 Å². The van der Waals surface area contributed by atoms with Gasteiger partial charge in [-0.2, -0.15) is 0 Å². The molecule has 0 amide bonds. The van der Waals surface area contributed by atoms with Crippen LogP contribution in [0.15, 0.2) is 176 Å². The van der Waals surface area contributed by atoms with E-state index in [4.69, 9.17) is 0 Å². The van der Waals surface area contributed by atoms with E-state index in [1.165, 1.54) is 76.8 Å². The first-order chi connectivity index (χ1) is 25.2. The van der Waals surface area contributed by atoms with Gasteiger partial charge in [0.05, 0.1) is 21.9 Å². The number of hydrogen-bond donors (Lipinski definition) is 0. The molecule has 2 nitrogen and oxygen atoms in total. The Bertz CT molecular complexity index is 2840. The Morgan fingerprint density at radius 2 is 1.04 bits per heavy atom. The Hall–Kier alpha value is -6.38. The third-order valence-electron chi connectivity index (χ3n) is 10.8.